The zero-order valence-corrected chi connectivity index (χ0v) is 14.1. The number of nitrogens with zero attached hydrogens (tertiary/aromatic N) is 3. The Morgan fingerprint density at radius 3 is 2.69 bits per heavy atom. The van der Waals surface area contributed by atoms with Crippen LogP contribution < -0.4 is 5.32 Å². The van der Waals surface area contributed by atoms with Gasteiger partial charge in [-0.25, -0.2) is 4.98 Å². The normalized spacial score (nSPS) is 16.3. The van der Waals surface area contributed by atoms with E-state index in [1.807, 2.05) is 10.6 Å². The number of hydrogen-bond acceptors (Lipinski definition) is 3. The Morgan fingerprint density at radius 2 is 1.92 bits per heavy atom. The lowest BCUT2D eigenvalue weighted by Crippen LogP contribution is -2.28. The first-order valence-corrected chi connectivity index (χ1v) is 8.71. The number of piperidine rings is 1. The van der Waals surface area contributed by atoms with E-state index in [0.29, 0.717) is 22.8 Å². The van der Waals surface area contributed by atoms with Crippen LogP contribution in [-0.4, -0.2) is 27.5 Å². The van der Waals surface area contributed by atoms with E-state index < -0.39 is 11.7 Å². The highest BCUT2D eigenvalue weighted by molar-refractivity contribution is 5.64. The van der Waals surface area contributed by atoms with Crippen LogP contribution >= 0.6 is 0 Å². The van der Waals surface area contributed by atoms with Crippen LogP contribution in [0.5, 0.6) is 0 Å². The minimum atomic E-state index is -4.36. The summed E-state index contributed by atoms with van der Waals surface area (Å²) in [4.78, 5) is 8.77. The molecule has 1 fully saturated rings. The first-order valence-electron chi connectivity index (χ1n) is 8.71. The molecule has 0 unspecified atom stereocenters. The van der Waals surface area contributed by atoms with E-state index in [0.717, 1.165) is 50.2 Å². The maximum atomic E-state index is 13.0. The van der Waals surface area contributed by atoms with Crippen molar-refractivity contribution in [2.45, 2.75) is 25.4 Å². The van der Waals surface area contributed by atoms with Gasteiger partial charge < -0.3 is 5.32 Å². The van der Waals surface area contributed by atoms with E-state index in [4.69, 9.17) is 0 Å². The Hall–Kier alpha value is -2.41. The highest BCUT2D eigenvalue weighted by Crippen LogP contribution is 2.32. The van der Waals surface area contributed by atoms with Crippen molar-refractivity contribution >= 4 is 5.65 Å². The van der Waals surface area contributed by atoms with Crippen molar-refractivity contribution in [1.82, 2.24) is 19.7 Å². The van der Waals surface area contributed by atoms with E-state index >= 15 is 0 Å². The van der Waals surface area contributed by atoms with Crippen LogP contribution in [0.25, 0.3) is 16.9 Å². The Balaban J connectivity index is 1.68. The third kappa shape index (κ3) is 3.44. The smallest absolute Gasteiger partial charge is 0.317 e. The van der Waals surface area contributed by atoms with Crippen LogP contribution in [0, 0.1) is 5.92 Å². The predicted molar refractivity (Wildman–Crippen MR) is 92.7 cm³/mol. The third-order valence-corrected chi connectivity index (χ3v) is 4.89. The number of rotatable bonds is 3. The number of imidazole rings is 1. The van der Waals surface area contributed by atoms with Crippen LogP contribution in [-0.2, 0) is 12.6 Å². The van der Waals surface area contributed by atoms with Crippen LogP contribution in [0.2, 0.25) is 0 Å². The van der Waals surface area contributed by atoms with Gasteiger partial charge in [0.15, 0.2) is 5.65 Å². The Kier molecular flexibility index (Phi) is 4.40. The van der Waals surface area contributed by atoms with Crippen molar-refractivity contribution in [3.8, 4) is 11.3 Å². The highest BCUT2D eigenvalue weighted by Gasteiger charge is 2.30. The van der Waals surface area contributed by atoms with Crippen molar-refractivity contribution in [2.75, 3.05) is 13.1 Å². The molecule has 26 heavy (non-hydrogen) atoms. The molecule has 1 N–H and O–H groups in total. The summed E-state index contributed by atoms with van der Waals surface area (Å²) in [5, 5.41) is 3.35. The van der Waals surface area contributed by atoms with Gasteiger partial charge in [0, 0.05) is 11.8 Å². The SMILES string of the molecule is FC(F)(F)c1cccc(-c2cnc3cnc(CC4CCNCC4)cn23)c1. The molecule has 0 atom stereocenters. The molecule has 4 nitrogen and oxygen atoms in total. The molecule has 0 aliphatic carbocycles. The van der Waals surface area contributed by atoms with Crippen LogP contribution in [0.1, 0.15) is 24.1 Å². The lowest BCUT2D eigenvalue weighted by atomic mass is 9.93. The fourth-order valence-corrected chi connectivity index (χ4v) is 3.48. The molecule has 4 rings (SSSR count). The minimum Gasteiger partial charge on any atom is -0.317 e. The number of halogens is 3. The zero-order valence-electron chi connectivity index (χ0n) is 14.1. The third-order valence-electron chi connectivity index (χ3n) is 4.89. The van der Waals surface area contributed by atoms with Gasteiger partial charge in [-0.05, 0) is 50.4 Å². The zero-order chi connectivity index (χ0) is 18.1. The standard InChI is InChI=1S/C19H19F3N4/c20-19(21,22)15-3-1-2-14(9-15)17-10-25-18-11-24-16(12-26(17)18)8-13-4-6-23-7-5-13/h1-3,9-13,23H,4-8H2. The number of aromatic nitrogens is 3. The molecule has 1 saturated heterocycles. The minimum absolute atomic E-state index is 0.492. The van der Waals surface area contributed by atoms with Crippen LogP contribution in [0.15, 0.2) is 42.9 Å². The molecule has 1 aliphatic heterocycles. The summed E-state index contributed by atoms with van der Waals surface area (Å²) in [6, 6.07) is 5.34. The Morgan fingerprint density at radius 1 is 1.12 bits per heavy atom. The summed E-state index contributed by atoms with van der Waals surface area (Å²) < 4.78 is 40.9. The fourth-order valence-electron chi connectivity index (χ4n) is 3.48. The first-order chi connectivity index (χ1) is 12.5. The van der Waals surface area contributed by atoms with Crippen molar-refractivity contribution in [1.29, 1.82) is 0 Å². The number of alkyl halides is 3. The van der Waals surface area contributed by atoms with Gasteiger partial charge in [-0.2, -0.15) is 13.2 Å². The molecule has 0 saturated carbocycles. The first kappa shape index (κ1) is 17.0. The summed E-state index contributed by atoms with van der Waals surface area (Å²) in [6.45, 7) is 2.04. The monoisotopic (exact) mass is 360 g/mol. The van der Waals surface area contributed by atoms with E-state index in [9.17, 15) is 13.2 Å². The molecule has 1 aromatic carbocycles. The van der Waals surface area contributed by atoms with E-state index in [1.54, 1.807) is 18.5 Å². The summed E-state index contributed by atoms with van der Waals surface area (Å²) in [5.74, 6) is 0.585. The van der Waals surface area contributed by atoms with E-state index in [2.05, 4.69) is 15.3 Å². The Bertz CT molecular complexity index is 911. The van der Waals surface area contributed by atoms with Gasteiger partial charge >= 0.3 is 6.18 Å². The molecule has 0 spiro atoms. The van der Waals surface area contributed by atoms with Gasteiger partial charge in [-0.3, -0.25) is 9.38 Å². The van der Waals surface area contributed by atoms with Gasteiger partial charge in [-0.1, -0.05) is 12.1 Å². The molecule has 136 valence electrons. The van der Waals surface area contributed by atoms with Crippen molar-refractivity contribution in [3.05, 3.63) is 54.1 Å². The molecule has 0 amide bonds. The molecule has 3 aromatic rings. The van der Waals surface area contributed by atoms with Gasteiger partial charge in [0.05, 0.1) is 29.3 Å². The summed E-state index contributed by atoms with van der Waals surface area (Å²) >= 11 is 0. The van der Waals surface area contributed by atoms with E-state index in [1.165, 1.54) is 6.07 Å². The topological polar surface area (TPSA) is 42.2 Å². The molecule has 3 heterocycles. The largest absolute Gasteiger partial charge is 0.416 e. The lowest BCUT2D eigenvalue weighted by Gasteiger charge is -2.22. The second-order valence-electron chi connectivity index (χ2n) is 6.73. The van der Waals surface area contributed by atoms with Crippen molar-refractivity contribution in [2.24, 2.45) is 5.92 Å². The van der Waals surface area contributed by atoms with Gasteiger partial charge in [0.2, 0.25) is 0 Å². The molecule has 0 bridgehead atoms. The van der Waals surface area contributed by atoms with Gasteiger partial charge in [-0.15, -0.1) is 0 Å². The molecular formula is C19H19F3N4. The number of hydrogen-bond donors (Lipinski definition) is 1. The molecule has 0 radical (unpaired) electrons. The Labute approximate surface area is 149 Å². The quantitative estimate of drug-likeness (QED) is 0.769. The second kappa shape index (κ2) is 6.72. The van der Waals surface area contributed by atoms with Gasteiger partial charge in [0.25, 0.3) is 0 Å². The molecular weight excluding hydrogens is 341 g/mol. The average Bonchev–Trinajstić information content (AvgIpc) is 3.05. The lowest BCUT2D eigenvalue weighted by molar-refractivity contribution is -0.137. The van der Waals surface area contributed by atoms with Crippen LogP contribution in [0.3, 0.4) is 0 Å². The number of fused-ring (bicyclic) bond motifs is 1. The second-order valence-corrected chi connectivity index (χ2v) is 6.73. The van der Waals surface area contributed by atoms with Crippen molar-refractivity contribution < 1.29 is 13.2 Å². The maximum absolute atomic E-state index is 13.0. The van der Waals surface area contributed by atoms with Gasteiger partial charge in [0.1, 0.15) is 0 Å². The summed E-state index contributed by atoms with van der Waals surface area (Å²) in [7, 11) is 0. The molecule has 1 aliphatic rings. The van der Waals surface area contributed by atoms with Crippen molar-refractivity contribution in [3.63, 3.8) is 0 Å². The maximum Gasteiger partial charge on any atom is 0.416 e. The predicted octanol–water partition coefficient (Wildman–Crippen LogP) is 3.96. The molecule has 7 heteroatoms. The number of nitrogens with one attached hydrogen (secondary N) is 1. The fraction of sp³-hybridized carbons (Fsp3) is 0.368. The summed E-state index contributed by atoms with van der Waals surface area (Å²) in [6.07, 6.45) is 3.93. The average molecular weight is 360 g/mol. The molecule has 2 aromatic heterocycles. The van der Waals surface area contributed by atoms with E-state index in [-0.39, 0.29) is 0 Å². The highest BCUT2D eigenvalue weighted by atomic mass is 19.4. The number of benzene rings is 1. The summed E-state index contributed by atoms with van der Waals surface area (Å²) in [5.41, 5.74) is 2.04. The van der Waals surface area contributed by atoms with Crippen LogP contribution in [0.4, 0.5) is 13.2 Å².